The maximum absolute atomic E-state index is 5.70. The van der Waals surface area contributed by atoms with Gasteiger partial charge in [-0.05, 0) is 24.2 Å². The van der Waals surface area contributed by atoms with Crippen LogP contribution in [-0.4, -0.2) is 29.1 Å². The van der Waals surface area contributed by atoms with E-state index in [9.17, 15) is 0 Å². The largest absolute Gasteiger partial charge is 0.741 e. The van der Waals surface area contributed by atoms with Crippen LogP contribution in [0.5, 0.6) is 0 Å². The van der Waals surface area contributed by atoms with Crippen molar-refractivity contribution < 1.29 is 19.5 Å². The van der Waals surface area contributed by atoms with Crippen LogP contribution < -0.4 is 10.7 Å². The molecule has 98 valence electrons. The topological polar surface area (TPSA) is 74.0 Å². The van der Waals surface area contributed by atoms with E-state index in [1.54, 1.807) is 26.1 Å². The Morgan fingerprint density at radius 2 is 2.16 bits per heavy atom. The normalized spacial score (nSPS) is 12.2. The molecule has 0 bridgehead atoms. The van der Waals surface area contributed by atoms with Gasteiger partial charge in [0.25, 0.3) is 0 Å². The summed E-state index contributed by atoms with van der Waals surface area (Å²) >= 11 is 10.5. The summed E-state index contributed by atoms with van der Waals surface area (Å²) in [5.41, 5.74) is 3.34. The average Bonchev–Trinajstić information content (AvgIpc) is 2.38. The summed E-state index contributed by atoms with van der Waals surface area (Å²) in [6, 6.07) is 3.43. The van der Waals surface area contributed by atoms with Crippen molar-refractivity contribution in [2.45, 2.75) is 6.92 Å². The fourth-order valence-electron chi connectivity index (χ4n) is 0.834. The van der Waals surface area contributed by atoms with Crippen molar-refractivity contribution in [3.05, 3.63) is 23.4 Å². The quantitative estimate of drug-likeness (QED) is 0.285. The van der Waals surface area contributed by atoms with Crippen LogP contribution in [0.25, 0.3) is 0 Å². The molecule has 1 aromatic heterocycles. The predicted octanol–water partition coefficient (Wildman–Crippen LogP) is 1.63. The number of aromatic nitrogens is 1. The van der Waals surface area contributed by atoms with Crippen LogP contribution in [-0.2, 0) is 32.1 Å². The van der Waals surface area contributed by atoms with E-state index in [1.807, 2.05) is 0 Å². The molecule has 0 spiro atoms. The summed E-state index contributed by atoms with van der Waals surface area (Å²) in [6.45, 7) is 1.75. The van der Waals surface area contributed by atoms with Gasteiger partial charge in [0, 0.05) is 32.7 Å². The van der Waals surface area contributed by atoms with Gasteiger partial charge < -0.3 is 17.9 Å². The Balaban J connectivity index is 0.00000324. The van der Waals surface area contributed by atoms with Gasteiger partial charge in [-0.3, -0.25) is 5.43 Å². The maximum atomic E-state index is 5.70. The van der Waals surface area contributed by atoms with E-state index in [1.165, 1.54) is 12.4 Å². The molecule has 1 rings (SSSR count). The first-order chi connectivity index (χ1) is 8.61. The van der Waals surface area contributed by atoms with E-state index in [0.717, 1.165) is 0 Å². The van der Waals surface area contributed by atoms with Crippen LogP contribution in [0.3, 0.4) is 0 Å². The van der Waals surface area contributed by atoms with Gasteiger partial charge >= 0.3 is 0 Å². The maximum Gasteiger partial charge on any atom is 0.146 e. The summed E-state index contributed by atoms with van der Waals surface area (Å²) in [5.74, 6) is 0.589. The van der Waals surface area contributed by atoms with Crippen LogP contribution in [0, 0.1) is 0 Å². The summed E-state index contributed by atoms with van der Waals surface area (Å²) in [5, 5.41) is 15.1. The molecule has 0 amide bonds. The third-order valence-electron chi connectivity index (χ3n) is 1.67. The Kier molecular flexibility index (Phi) is 9.21. The molecule has 0 saturated heterocycles. The summed E-state index contributed by atoms with van der Waals surface area (Å²) in [6.07, 6.45) is 3.04. The standard InChI is InChI=1S/C10H13ClN6S.Zn/c1-7(15-17-10(18)12-2)5-14-16-9-4-3-8(11)6-13-9;/h3-6H,1-2H3,(H,13,16)(H2,12,17,18);/p-1/b14-5+,15-7+;. The van der Waals surface area contributed by atoms with Crippen molar-refractivity contribution in [1.82, 2.24) is 10.3 Å². The Labute approximate surface area is 135 Å². The molecule has 0 aromatic carbocycles. The molecular weight excluding hydrogens is 337 g/mol. The predicted molar refractivity (Wildman–Crippen MR) is 78.3 cm³/mol. The number of amidine groups is 1. The van der Waals surface area contributed by atoms with Gasteiger partial charge in [-0.2, -0.15) is 15.3 Å². The van der Waals surface area contributed by atoms with Crippen LogP contribution in [0.1, 0.15) is 6.92 Å². The molecule has 0 atom stereocenters. The Morgan fingerprint density at radius 1 is 1.42 bits per heavy atom. The van der Waals surface area contributed by atoms with Gasteiger partial charge in [0.15, 0.2) is 0 Å². The van der Waals surface area contributed by atoms with Crippen molar-refractivity contribution in [3.63, 3.8) is 0 Å². The number of halogens is 1. The van der Waals surface area contributed by atoms with Crippen molar-refractivity contribution in [1.29, 1.82) is 0 Å². The van der Waals surface area contributed by atoms with Gasteiger partial charge in [0.1, 0.15) is 5.82 Å². The zero-order chi connectivity index (χ0) is 13.4. The van der Waals surface area contributed by atoms with Gasteiger partial charge in [-0.25, -0.2) is 4.98 Å². The Hall–Kier alpha value is -1.11. The van der Waals surface area contributed by atoms with E-state index in [4.69, 9.17) is 24.2 Å². The second-order valence-corrected chi connectivity index (χ2v) is 3.95. The monoisotopic (exact) mass is 347 g/mol. The van der Waals surface area contributed by atoms with Crippen molar-refractivity contribution in [2.24, 2.45) is 15.3 Å². The molecule has 0 radical (unpaired) electrons. The zero-order valence-corrected chi connectivity index (χ0v) is 15.1. The van der Waals surface area contributed by atoms with Gasteiger partial charge in [-0.1, -0.05) is 11.6 Å². The zero-order valence-electron chi connectivity index (χ0n) is 10.6. The van der Waals surface area contributed by atoms with Crippen molar-refractivity contribution in [2.75, 3.05) is 12.5 Å². The summed E-state index contributed by atoms with van der Waals surface area (Å²) in [7, 11) is 1.68. The number of rotatable bonds is 4. The number of hydrogen-bond donors (Lipinski definition) is 2. The van der Waals surface area contributed by atoms with E-state index in [2.05, 4.69) is 31.0 Å². The molecule has 0 saturated carbocycles. The molecule has 0 aliphatic heterocycles. The average molecular weight is 349 g/mol. The van der Waals surface area contributed by atoms with Gasteiger partial charge in [-0.15, -0.1) is 0 Å². The van der Waals surface area contributed by atoms with E-state index in [-0.39, 0.29) is 19.5 Å². The van der Waals surface area contributed by atoms with Gasteiger partial charge in [0.2, 0.25) is 0 Å². The molecule has 9 heteroatoms. The van der Waals surface area contributed by atoms with E-state index in [0.29, 0.717) is 21.7 Å². The molecule has 1 aromatic rings. The number of nitrogens with zero attached hydrogens (tertiary/aromatic N) is 4. The van der Waals surface area contributed by atoms with Gasteiger partial charge in [0.05, 0.1) is 16.9 Å². The molecule has 0 unspecified atom stereocenters. The molecule has 6 nitrogen and oxygen atoms in total. The molecule has 2 N–H and O–H groups in total. The molecular formula is C10H12ClN6SZn-. The van der Waals surface area contributed by atoms with E-state index >= 15 is 0 Å². The molecule has 19 heavy (non-hydrogen) atoms. The molecule has 0 aliphatic carbocycles. The third-order valence-corrected chi connectivity index (χ3v) is 2.18. The molecule has 0 aliphatic rings. The van der Waals surface area contributed by atoms with Crippen LogP contribution in [0.2, 0.25) is 5.02 Å². The first kappa shape index (κ1) is 17.9. The number of anilines is 1. The number of nitrogens with one attached hydrogen (secondary N) is 2. The second-order valence-electron chi connectivity index (χ2n) is 3.13. The molecule has 1 heterocycles. The van der Waals surface area contributed by atoms with Crippen molar-refractivity contribution in [3.8, 4) is 0 Å². The number of hydrazone groups is 1. The Morgan fingerprint density at radius 3 is 2.74 bits per heavy atom. The van der Waals surface area contributed by atoms with Crippen LogP contribution in [0.15, 0.2) is 33.6 Å². The smallest absolute Gasteiger partial charge is 0.146 e. The summed E-state index contributed by atoms with van der Waals surface area (Å²) < 4.78 is 0. The van der Waals surface area contributed by atoms with E-state index < -0.39 is 0 Å². The minimum atomic E-state index is 0. The summed E-state index contributed by atoms with van der Waals surface area (Å²) in [4.78, 5) is 4.01. The number of hydrogen-bond acceptors (Lipinski definition) is 6. The minimum Gasteiger partial charge on any atom is -0.741 e. The molecule has 0 fully saturated rings. The number of pyridine rings is 1. The minimum absolute atomic E-state index is 0. The van der Waals surface area contributed by atoms with Crippen molar-refractivity contribution >= 4 is 47.1 Å². The fourth-order valence-corrected chi connectivity index (χ4v) is 0.986. The SMILES string of the molecule is CN/C([S-])=N/N=C(C)/C=N/Nc1ccc(Cl)cn1.[Zn]. The van der Waals surface area contributed by atoms with Crippen LogP contribution >= 0.6 is 11.6 Å². The first-order valence-electron chi connectivity index (χ1n) is 4.99. The third kappa shape index (κ3) is 7.82. The first-order valence-corrected chi connectivity index (χ1v) is 5.78. The fraction of sp³-hybridized carbons (Fsp3) is 0.200. The Bertz CT molecular complexity index is 473. The van der Waals surface area contributed by atoms with Crippen LogP contribution in [0.4, 0.5) is 5.82 Å². The second kappa shape index (κ2) is 9.78.